The first kappa shape index (κ1) is 15.0. The first-order valence-electron chi connectivity index (χ1n) is 7.24. The van der Waals surface area contributed by atoms with E-state index < -0.39 is 0 Å². The van der Waals surface area contributed by atoms with Crippen LogP contribution in [0.5, 0.6) is 0 Å². The highest BCUT2D eigenvalue weighted by Crippen LogP contribution is 2.16. The van der Waals surface area contributed by atoms with Gasteiger partial charge in [-0.3, -0.25) is 4.79 Å². The minimum Gasteiger partial charge on any atom is -0.336 e. The highest BCUT2D eigenvalue weighted by atomic mass is 35.5. The van der Waals surface area contributed by atoms with Gasteiger partial charge in [-0.15, -0.1) is 5.10 Å². The number of halogens is 1. The van der Waals surface area contributed by atoms with Gasteiger partial charge >= 0.3 is 0 Å². The maximum atomic E-state index is 12.6. The number of aryl methyl sites for hydroxylation is 1. The average molecular weight is 320 g/mol. The number of carbonyl (C=O) groups is 1. The van der Waals surface area contributed by atoms with Crippen molar-refractivity contribution in [3.8, 4) is 5.69 Å². The molecule has 1 aliphatic heterocycles. The highest BCUT2D eigenvalue weighted by Gasteiger charge is 2.27. The third-order valence-corrected chi connectivity index (χ3v) is 4.16. The lowest BCUT2D eigenvalue weighted by atomic mass is 10.2. The molecule has 1 amide bonds. The van der Waals surface area contributed by atoms with E-state index in [0.717, 1.165) is 25.2 Å². The summed E-state index contributed by atoms with van der Waals surface area (Å²) in [5.41, 5.74) is 1.73. The largest absolute Gasteiger partial charge is 0.336 e. The van der Waals surface area contributed by atoms with E-state index in [-0.39, 0.29) is 11.9 Å². The van der Waals surface area contributed by atoms with Crippen LogP contribution in [-0.2, 0) is 0 Å². The van der Waals surface area contributed by atoms with Crippen LogP contribution < -0.4 is 5.32 Å². The Balaban J connectivity index is 1.87. The second kappa shape index (κ2) is 6.06. The molecule has 7 heteroatoms. The minimum atomic E-state index is -0.0977. The van der Waals surface area contributed by atoms with Crippen molar-refractivity contribution in [3.63, 3.8) is 0 Å². The van der Waals surface area contributed by atoms with E-state index in [1.165, 1.54) is 4.80 Å². The summed E-state index contributed by atoms with van der Waals surface area (Å²) in [6.07, 6.45) is 0.962. The van der Waals surface area contributed by atoms with Gasteiger partial charge in [0.05, 0.1) is 11.4 Å². The van der Waals surface area contributed by atoms with Gasteiger partial charge in [0.2, 0.25) is 0 Å². The predicted octanol–water partition coefficient (Wildman–Crippen LogP) is 1.66. The van der Waals surface area contributed by atoms with Crippen LogP contribution in [0.2, 0.25) is 5.02 Å². The molecule has 1 aromatic carbocycles. The molecule has 22 heavy (non-hydrogen) atoms. The van der Waals surface area contributed by atoms with Crippen LogP contribution in [0.1, 0.15) is 22.6 Å². The van der Waals surface area contributed by atoms with Crippen molar-refractivity contribution in [2.24, 2.45) is 0 Å². The average Bonchev–Trinajstić information content (AvgIpc) is 3.15. The molecular weight excluding hydrogens is 302 g/mol. The van der Waals surface area contributed by atoms with E-state index in [1.54, 1.807) is 24.0 Å². The lowest BCUT2D eigenvalue weighted by molar-refractivity contribution is 0.0736. The van der Waals surface area contributed by atoms with Crippen molar-refractivity contribution in [2.75, 3.05) is 20.1 Å². The third kappa shape index (κ3) is 2.84. The Morgan fingerprint density at radius 1 is 1.45 bits per heavy atom. The summed E-state index contributed by atoms with van der Waals surface area (Å²) in [7, 11) is 1.82. The third-order valence-electron chi connectivity index (χ3n) is 3.93. The number of carbonyl (C=O) groups excluding carboxylic acids is 1. The number of rotatable bonds is 3. The zero-order chi connectivity index (χ0) is 15.7. The van der Waals surface area contributed by atoms with E-state index in [9.17, 15) is 4.79 Å². The van der Waals surface area contributed by atoms with Gasteiger partial charge in [-0.05, 0) is 38.1 Å². The number of benzene rings is 1. The number of hydrogen-bond acceptors (Lipinski definition) is 4. The molecule has 0 saturated carbocycles. The van der Waals surface area contributed by atoms with Crippen molar-refractivity contribution < 1.29 is 4.79 Å². The van der Waals surface area contributed by atoms with Crippen LogP contribution >= 0.6 is 11.6 Å². The molecule has 1 aromatic heterocycles. The van der Waals surface area contributed by atoms with Gasteiger partial charge in [0.15, 0.2) is 5.69 Å². The molecule has 1 saturated heterocycles. The molecule has 6 nitrogen and oxygen atoms in total. The number of nitrogens with one attached hydrogen (secondary N) is 1. The fraction of sp³-hybridized carbons (Fsp3) is 0.400. The molecule has 0 spiro atoms. The SMILES string of the molecule is Cc1nn(-c2cccc(Cl)c2)nc1C(=O)N(C)[C@H]1CCNC1. The molecule has 0 unspecified atom stereocenters. The van der Waals surface area contributed by atoms with E-state index in [2.05, 4.69) is 15.5 Å². The van der Waals surface area contributed by atoms with Gasteiger partial charge in [0.25, 0.3) is 5.91 Å². The standard InChI is InChI=1S/C15H18ClN5O/c1-10-14(15(22)20(2)13-6-7-17-9-13)19-21(18-10)12-5-3-4-11(16)8-12/h3-5,8,13,17H,6-7,9H2,1-2H3/t13-/m0/s1. The molecule has 1 aliphatic rings. The maximum absolute atomic E-state index is 12.6. The Kier molecular flexibility index (Phi) is 4.13. The van der Waals surface area contributed by atoms with Gasteiger partial charge < -0.3 is 10.2 Å². The van der Waals surface area contributed by atoms with Gasteiger partial charge in [0.1, 0.15) is 0 Å². The van der Waals surface area contributed by atoms with Crippen molar-refractivity contribution in [2.45, 2.75) is 19.4 Å². The van der Waals surface area contributed by atoms with E-state index in [0.29, 0.717) is 16.4 Å². The van der Waals surface area contributed by atoms with Crippen LogP contribution in [0.25, 0.3) is 5.69 Å². The summed E-state index contributed by atoms with van der Waals surface area (Å²) in [5, 5.41) is 12.6. The Morgan fingerprint density at radius 2 is 2.27 bits per heavy atom. The molecule has 1 N–H and O–H groups in total. The number of nitrogens with zero attached hydrogens (tertiary/aromatic N) is 4. The number of aromatic nitrogens is 3. The number of likely N-dealkylation sites (N-methyl/N-ethyl adjacent to an activating group) is 1. The lowest BCUT2D eigenvalue weighted by Crippen LogP contribution is -2.38. The predicted molar refractivity (Wildman–Crippen MR) is 84.5 cm³/mol. The molecule has 1 atom stereocenters. The molecule has 2 aromatic rings. The Bertz CT molecular complexity index is 693. The van der Waals surface area contributed by atoms with Crippen LogP contribution in [0.4, 0.5) is 0 Å². The zero-order valence-corrected chi connectivity index (χ0v) is 13.3. The summed E-state index contributed by atoms with van der Waals surface area (Å²) in [6, 6.07) is 7.44. The molecule has 1 fully saturated rings. The normalized spacial score (nSPS) is 17.7. The van der Waals surface area contributed by atoms with Crippen LogP contribution in [0, 0.1) is 6.92 Å². The lowest BCUT2D eigenvalue weighted by Gasteiger charge is -2.22. The monoisotopic (exact) mass is 319 g/mol. The van der Waals surface area contributed by atoms with Gasteiger partial charge in [-0.2, -0.15) is 9.90 Å². The van der Waals surface area contributed by atoms with Crippen molar-refractivity contribution in [3.05, 3.63) is 40.7 Å². The Hall–Kier alpha value is -1.92. The molecule has 2 heterocycles. The summed E-state index contributed by atoms with van der Waals surface area (Å²) in [4.78, 5) is 15.8. The van der Waals surface area contributed by atoms with Crippen molar-refractivity contribution >= 4 is 17.5 Å². The quantitative estimate of drug-likeness (QED) is 0.934. The topological polar surface area (TPSA) is 63.1 Å². The van der Waals surface area contributed by atoms with E-state index in [1.807, 2.05) is 19.2 Å². The Labute approximate surface area is 134 Å². The first-order chi connectivity index (χ1) is 10.6. The summed E-state index contributed by atoms with van der Waals surface area (Å²) in [6.45, 7) is 3.56. The van der Waals surface area contributed by atoms with E-state index in [4.69, 9.17) is 11.6 Å². The maximum Gasteiger partial charge on any atom is 0.276 e. The fourth-order valence-electron chi connectivity index (χ4n) is 2.60. The highest BCUT2D eigenvalue weighted by molar-refractivity contribution is 6.30. The molecule has 0 bridgehead atoms. The molecule has 116 valence electrons. The van der Waals surface area contributed by atoms with E-state index >= 15 is 0 Å². The molecule has 0 radical (unpaired) electrons. The van der Waals surface area contributed by atoms with Crippen LogP contribution in [0.15, 0.2) is 24.3 Å². The van der Waals surface area contributed by atoms with Crippen LogP contribution in [-0.4, -0.2) is 52.0 Å². The summed E-state index contributed by atoms with van der Waals surface area (Å²) in [5.74, 6) is -0.0977. The number of amides is 1. The Morgan fingerprint density at radius 3 is 2.95 bits per heavy atom. The number of hydrogen-bond donors (Lipinski definition) is 1. The zero-order valence-electron chi connectivity index (χ0n) is 12.6. The first-order valence-corrected chi connectivity index (χ1v) is 7.62. The second-order valence-electron chi connectivity index (χ2n) is 5.47. The van der Waals surface area contributed by atoms with Crippen LogP contribution in [0.3, 0.4) is 0 Å². The minimum absolute atomic E-state index is 0.0977. The molecular formula is C15H18ClN5O. The van der Waals surface area contributed by atoms with Gasteiger partial charge in [0, 0.05) is 24.7 Å². The molecule has 0 aliphatic carbocycles. The fourth-order valence-corrected chi connectivity index (χ4v) is 2.78. The summed E-state index contributed by atoms with van der Waals surface area (Å²) < 4.78 is 0. The van der Waals surface area contributed by atoms with Crippen molar-refractivity contribution in [1.82, 2.24) is 25.2 Å². The smallest absolute Gasteiger partial charge is 0.276 e. The summed E-state index contributed by atoms with van der Waals surface area (Å²) >= 11 is 5.99. The second-order valence-corrected chi connectivity index (χ2v) is 5.90. The van der Waals surface area contributed by atoms with Gasteiger partial charge in [-0.25, -0.2) is 0 Å². The van der Waals surface area contributed by atoms with Crippen molar-refractivity contribution in [1.29, 1.82) is 0 Å². The van der Waals surface area contributed by atoms with Gasteiger partial charge in [-0.1, -0.05) is 17.7 Å². The molecule has 3 rings (SSSR count).